The van der Waals surface area contributed by atoms with Crippen molar-refractivity contribution in [1.82, 2.24) is 10.2 Å². The van der Waals surface area contributed by atoms with E-state index in [2.05, 4.69) is 21.2 Å². The number of nitrogens with one attached hydrogen (secondary N) is 1. The molecule has 1 N–H and O–H groups in total. The average Bonchev–Trinajstić information content (AvgIpc) is 2.80. The van der Waals surface area contributed by atoms with Gasteiger partial charge in [0.25, 0.3) is 5.91 Å². The monoisotopic (exact) mass is 556 g/mol. The standard InChI is InChI=1S/C28H30BrClN2O3/c1-28(2,3)31-27(34)25(16-20-8-5-4-6-9-20)32(18-21-12-14-22(29)15-13-21)26(33)19-35-24-11-7-10-23(30)17-24/h4-15,17,25H,16,18-19H2,1-3H3,(H,31,34). The van der Waals surface area contributed by atoms with E-state index in [0.717, 1.165) is 15.6 Å². The highest BCUT2D eigenvalue weighted by molar-refractivity contribution is 9.10. The molecule has 3 rings (SSSR count). The van der Waals surface area contributed by atoms with Gasteiger partial charge in [-0.25, -0.2) is 0 Å². The van der Waals surface area contributed by atoms with Crippen LogP contribution in [0.15, 0.2) is 83.3 Å². The van der Waals surface area contributed by atoms with Gasteiger partial charge in [-0.1, -0.05) is 76.1 Å². The highest BCUT2D eigenvalue weighted by Gasteiger charge is 2.32. The molecule has 3 aromatic rings. The number of benzene rings is 3. The summed E-state index contributed by atoms with van der Waals surface area (Å²) >= 11 is 9.51. The highest BCUT2D eigenvalue weighted by atomic mass is 79.9. The van der Waals surface area contributed by atoms with Crippen LogP contribution in [0.1, 0.15) is 31.9 Å². The molecule has 35 heavy (non-hydrogen) atoms. The lowest BCUT2D eigenvalue weighted by atomic mass is 10.0. The number of amides is 2. The first-order chi connectivity index (χ1) is 16.6. The molecule has 1 atom stereocenters. The van der Waals surface area contributed by atoms with Crippen molar-refractivity contribution >= 4 is 39.3 Å². The maximum Gasteiger partial charge on any atom is 0.261 e. The number of carbonyl (C=O) groups is 2. The van der Waals surface area contributed by atoms with Crippen LogP contribution in [-0.4, -0.2) is 34.9 Å². The zero-order chi connectivity index (χ0) is 25.4. The summed E-state index contributed by atoms with van der Waals surface area (Å²) < 4.78 is 6.69. The molecule has 0 spiro atoms. The second kappa shape index (κ2) is 12.2. The molecule has 0 fully saturated rings. The number of hydrogen-bond acceptors (Lipinski definition) is 3. The van der Waals surface area contributed by atoms with Crippen molar-refractivity contribution in [3.05, 3.63) is 99.5 Å². The van der Waals surface area contributed by atoms with Gasteiger partial charge in [0.1, 0.15) is 11.8 Å². The van der Waals surface area contributed by atoms with E-state index in [4.69, 9.17) is 16.3 Å². The van der Waals surface area contributed by atoms with Crippen LogP contribution in [0.2, 0.25) is 5.02 Å². The van der Waals surface area contributed by atoms with Crippen LogP contribution in [0.25, 0.3) is 0 Å². The minimum atomic E-state index is -0.726. The molecule has 0 aliphatic carbocycles. The Hall–Kier alpha value is -2.83. The molecule has 3 aromatic carbocycles. The van der Waals surface area contributed by atoms with E-state index in [-0.39, 0.29) is 25.0 Å². The quantitative estimate of drug-likeness (QED) is 0.349. The molecule has 7 heteroatoms. The summed E-state index contributed by atoms with van der Waals surface area (Å²) in [5.41, 5.74) is 1.42. The maximum atomic E-state index is 13.6. The average molecular weight is 558 g/mol. The second-order valence-corrected chi connectivity index (χ2v) is 10.7. The van der Waals surface area contributed by atoms with Crippen molar-refractivity contribution in [3.63, 3.8) is 0 Å². The maximum absolute atomic E-state index is 13.6. The SMILES string of the molecule is CC(C)(C)NC(=O)C(Cc1ccccc1)N(Cc1ccc(Br)cc1)C(=O)COc1cccc(Cl)c1. The van der Waals surface area contributed by atoms with Crippen molar-refractivity contribution in [2.45, 2.75) is 45.3 Å². The van der Waals surface area contributed by atoms with Crippen LogP contribution >= 0.6 is 27.5 Å². The smallest absolute Gasteiger partial charge is 0.261 e. The molecule has 0 saturated carbocycles. The lowest BCUT2D eigenvalue weighted by Crippen LogP contribution is -2.55. The Bertz CT molecular complexity index is 1130. The first kappa shape index (κ1) is 26.8. The molecule has 184 valence electrons. The molecular weight excluding hydrogens is 528 g/mol. The van der Waals surface area contributed by atoms with E-state index in [1.165, 1.54) is 0 Å². The zero-order valence-electron chi connectivity index (χ0n) is 20.1. The number of nitrogens with zero attached hydrogens (tertiary/aromatic N) is 1. The minimum Gasteiger partial charge on any atom is -0.484 e. The first-order valence-corrected chi connectivity index (χ1v) is 12.6. The summed E-state index contributed by atoms with van der Waals surface area (Å²) in [5, 5.41) is 3.57. The van der Waals surface area contributed by atoms with Crippen molar-refractivity contribution in [2.75, 3.05) is 6.61 Å². The molecule has 0 bridgehead atoms. The van der Waals surface area contributed by atoms with Gasteiger partial charge >= 0.3 is 0 Å². The predicted octanol–water partition coefficient (Wildman–Crippen LogP) is 6.04. The number of halogens is 2. The van der Waals surface area contributed by atoms with Gasteiger partial charge in [-0.3, -0.25) is 9.59 Å². The lowest BCUT2D eigenvalue weighted by molar-refractivity contribution is -0.143. The van der Waals surface area contributed by atoms with Crippen LogP contribution < -0.4 is 10.1 Å². The van der Waals surface area contributed by atoms with Crippen LogP contribution in [-0.2, 0) is 22.6 Å². The summed E-state index contributed by atoms with van der Waals surface area (Å²) in [6, 6.07) is 23.6. The van der Waals surface area contributed by atoms with Gasteiger partial charge in [0.05, 0.1) is 0 Å². The van der Waals surface area contributed by atoms with Gasteiger partial charge in [0.15, 0.2) is 6.61 Å². The molecule has 1 unspecified atom stereocenters. The molecule has 0 saturated heterocycles. The molecule has 0 aromatic heterocycles. The minimum absolute atomic E-state index is 0.213. The second-order valence-electron chi connectivity index (χ2n) is 9.34. The Labute approximate surface area is 220 Å². The summed E-state index contributed by atoms with van der Waals surface area (Å²) in [4.78, 5) is 28.7. The summed E-state index contributed by atoms with van der Waals surface area (Å²) in [6.07, 6.45) is 0.377. The van der Waals surface area contributed by atoms with Crippen LogP contribution in [0, 0.1) is 0 Å². The molecule has 5 nitrogen and oxygen atoms in total. The largest absolute Gasteiger partial charge is 0.484 e. The van der Waals surface area contributed by atoms with Crippen LogP contribution in [0.3, 0.4) is 0 Å². The van der Waals surface area contributed by atoms with Gasteiger partial charge in [-0.05, 0) is 62.2 Å². The lowest BCUT2D eigenvalue weighted by Gasteiger charge is -2.33. The van der Waals surface area contributed by atoms with Crippen molar-refractivity contribution in [3.8, 4) is 5.75 Å². The Balaban J connectivity index is 1.92. The molecule has 0 aliphatic heterocycles. The van der Waals surface area contributed by atoms with E-state index in [1.807, 2.05) is 75.4 Å². The molecule has 0 heterocycles. The Morgan fingerprint density at radius 1 is 0.971 bits per heavy atom. The molecular formula is C28H30BrClN2O3. The fourth-order valence-electron chi connectivity index (χ4n) is 3.58. The third-order valence-electron chi connectivity index (χ3n) is 5.19. The highest BCUT2D eigenvalue weighted by Crippen LogP contribution is 2.20. The van der Waals surface area contributed by atoms with Gasteiger partial charge < -0.3 is 15.0 Å². The third kappa shape index (κ3) is 8.71. The topological polar surface area (TPSA) is 58.6 Å². The van der Waals surface area contributed by atoms with E-state index >= 15 is 0 Å². The van der Waals surface area contributed by atoms with Gasteiger partial charge in [0.2, 0.25) is 5.91 Å². The third-order valence-corrected chi connectivity index (χ3v) is 5.96. The fourth-order valence-corrected chi connectivity index (χ4v) is 4.02. The number of ether oxygens (including phenoxy) is 1. The van der Waals surface area contributed by atoms with Crippen molar-refractivity contribution in [1.29, 1.82) is 0 Å². The van der Waals surface area contributed by atoms with Crippen molar-refractivity contribution in [2.24, 2.45) is 0 Å². The molecule has 0 radical (unpaired) electrons. The summed E-state index contributed by atoms with van der Waals surface area (Å²) in [5.74, 6) is -0.0133. The normalized spacial score (nSPS) is 12.0. The Kier molecular flexibility index (Phi) is 9.35. The number of hydrogen-bond donors (Lipinski definition) is 1. The summed E-state index contributed by atoms with van der Waals surface area (Å²) in [6.45, 7) is 5.82. The van der Waals surface area contributed by atoms with E-state index < -0.39 is 11.6 Å². The Morgan fingerprint density at radius 3 is 2.29 bits per heavy atom. The number of rotatable bonds is 9. The van der Waals surface area contributed by atoms with Gasteiger partial charge in [-0.2, -0.15) is 0 Å². The van der Waals surface area contributed by atoms with E-state index in [1.54, 1.807) is 29.2 Å². The van der Waals surface area contributed by atoms with E-state index in [9.17, 15) is 9.59 Å². The van der Waals surface area contributed by atoms with Gasteiger partial charge in [-0.15, -0.1) is 0 Å². The fraction of sp³-hybridized carbons (Fsp3) is 0.286. The van der Waals surface area contributed by atoms with Crippen molar-refractivity contribution < 1.29 is 14.3 Å². The van der Waals surface area contributed by atoms with Crippen LogP contribution in [0.5, 0.6) is 5.75 Å². The predicted molar refractivity (Wildman–Crippen MR) is 143 cm³/mol. The first-order valence-electron chi connectivity index (χ1n) is 11.4. The number of carbonyl (C=O) groups excluding carboxylic acids is 2. The molecule has 2 amide bonds. The summed E-state index contributed by atoms with van der Waals surface area (Å²) in [7, 11) is 0. The van der Waals surface area contributed by atoms with Gasteiger partial charge in [0, 0.05) is 28.0 Å². The van der Waals surface area contributed by atoms with Crippen LogP contribution in [0.4, 0.5) is 0 Å². The Morgan fingerprint density at radius 2 is 1.66 bits per heavy atom. The zero-order valence-corrected chi connectivity index (χ0v) is 22.5. The molecule has 0 aliphatic rings. The van der Waals surface area contributed by atoms with E-state index in [0.29, 0.717) is 17.2 Å².